The fraction of sp³-hybridized carbons (Fsp3) is 0.0179. The summed E-state index contributed by atoms with van der Waals surface area (Å²) in [5, 5.41) is 5.76. The first-order valence-electron chi connectivity index (χ1n) is 20.6. The topological polar surface area (TPSA) is 17.8 Å². The van der Waals surface area contributed by atoms with Gasteiger partial charge in [-0.2, -0.15) is 0 Å². The molecule has 2 nitrogen and oxygen atoms in total. The van der Waals surface area contributed by atoms with Crippen molar-refractivity contribution in [3.8, 4) is 50.5 Å². The van der Waals surface area contributed by atoms with Crippen molar-refractivity contribution in [2.45, 2.75) is 5.41 Å². The lowest BCUT2D eigenvalue weighted by Gasteiger charge is -2.39. The number of nitrogens with zero attached hydrogens (tertiary/aromatic N) is 2. The fourth-order valence-corrected chi connectivity index (χ4v) is 16.4. The second-order valence-electron chi connectivity index (χ2n) is 16.2. The van der Waals surface area contributed by atoms with E-state index in [4.69, 9.17) is 4.98 Å². The third kappa shape index (κ3) is 4.17. The lowest BCUT2D eigenvalue weighted by molar-refractivity contribution is 0.746. The van der Waals surface area contributed by atoms with E-state index in [1.807, 2.05) is 0 Å². The molecule has 3 heteroatoms. The van der Waals surface area contributed by atoms with Crippen molar-refractivity contribution in [1.82, 2.24) is 9.55 Å². The Hall–Kier alpha value is -7.33. The molecule has 274 valence electrons. The molecule has 1 aliphatic carbocycles. The number of aromatic nitrogens is 2. The van der Waals surface area contributed by atoms with Crippen molar-refractivity contribution in [3.63, 3.8) is 0 Å². The molecule has 0 N–H and O–H groups in total. The van der Waals surface area contributed by atoms with Gasteiger partial charge in [-0.25, -0.2) is 4.98 Å². The number of fused-ring (bicyclic) bond motifs is 12. The SMILES string of the molecule is c1ccc(-c2nc3cccc4c3n2-c2ccccc2C42c3ccccc3-c3ccc(-c4ccc5c(c4)-c4ccccc4[Si]5(c4ccccc4)c4ccccc4)cc32)cc1. The largest absolute Gasteiger partial charge is 0.292 e. The van der Waals surface area contributed by atoms with Crippen molar-refractivity contribution in [1.29, 1.82) is 0 Å². The molecule has 0 amide bonds. The van der Waals surface area contributed by atoms with Crippen LogP contribution < -0.4 is 20.7 Å². The van der Waals surface area contributed by atoms with Gasteiger partial charge in [-0.15, -0.1) is 0 Å². The number of para-hydroxylation sites is 2. The Morgan fingerprint density at radius 2 is 0.949 bits per heavy atom. The molecule has 1 spiro atoms. The summed E-state index contributed by atoms with van der Waals surface area (Å²) in [5.41, 5.74) is 16.9. The maximum Gasteiger partial charge on any atom is 0.180 e. The first kappa shape index (κ1) is 32.7. The summed E-state index contributed by atoms with van der Waals surface area (Å²) in [4.78, 5) is 5.36. The number of benzene rings is 9. The van der Waals surface area contributed by atoms with Gasteiger partial charge in [0.05, 0.1) is 22.1 Å². The smallest absolute Gasteiger partial charge is 0.180 e. The molecule has 3 heterocycles. The predicted molar refractivity (Wildman–Crippen MR) is 245 cm³/mol. The van der Waals surface area contributed by atoms with Crippen LogP contribution in [0.5, 0.6) is 0 Å². The minimum absolute atomic E-state index is 0.534. The molecule has 59 heavy (non-hydrogen) atoms. The highest BCUT2D eigenvalue weighted by Crippen LogP contribution is 2.61. The van der Waals surface area contributed by atoms with Gasteiger partial charge in [0.25, 0.3) is 0 Å². The minimum Gasteiger partial charge on any atom is -0.292 e. The second-order valence-corrected chi connectivity index (χ2v) is 19.9. The van der Waals surface area contributed by atoms with Crippen LogP contribution in [0.25, 0.3) is 61.5 Å². The van der Waals surface area contributed by atoms with E-state index in [-0.39, 0.29) is 0 Å². The van der Waals surface area contributed by atoms with E-state index in [0.717, 1.165) is 16.9 Å². The van der Waals surface area contributed by atoms with E-state index in [2.05, 4.69) is 223 Å². The molecular weight excluding hydrogens is 729 g/mol. The zero-order chi connectivity index (χ0) is 38.7. The van der Waals surface area contributed by atoms with E-state index < -0.39 is 13.5 Å². The quantitative estimate of drug-likeness (QED) is 0.163. The van der Waals surface area contributed by atoms with Gasteiger partial charge < -0.3 is 0 Å². The minimum atomic E-state index is -2.57. The van der Waals surface area contributed by atoms with Crippen LogP contribution in [-0.4, -0.2) is 17.6 Å². The third-order valence-corrected chi connectivity index (χ3v) is 18.4. The van der Waals surface area contributed by atoms with E-state index >= 15 is 0 Å². The molecule has 0 saturated heterocycles. The van der Waals surface area contributed by atoms with Crippen molar-refractivity contribution in [2.24, 2.45) is 0 Å². The Morgan fingerprint density at radius 3 is 1.73 bits per heavy atom. The van der Waals surface area contributed by atoms with Crippen LogP contribution in [0.2, 0.25) is 0 Å². The predicted octanol–water partition coefficient (Wildman–Crippen LogP) is 10.4. The molecule has 0 radical (unpaired) electrons. The van der Waals surface area contributed by atoms with Crippen LogP contribution in [0.15, 0.2) is 218 Å². The lowest BCUT2D eigenvalue weighted by atomic mass is 9.65. The Morgan fingerprint density at radius 1 is 0.373 bits per heavy atom. The fourth-order valence-electron chi connectivity index (χ4n) is 11.2. The number of hydrogen-bond acceptors (Lipinski definition) is 1. The molecule has 0 bridgehead atoms. The molecule has 1 atom stereocenters. The standard InChI is InChI=1S/C56H36N2Si/c1-4-17-37(18-5-1)55-57-50-28-16-27-48-54(50)58(55)51-29-14-13-26-47(51)56(48)46-25-12-10-23-42(46)43-33-31-39(36-49(43)56)38-32-34-53-45(35-38)44-24-11-15-30-52(44)59(53,40-19-6-2-7-20-40)41-21-8-3-9-22-41/h1-36H. The highest BCUT2D eigenvalue weighted by atomic mass is 28.3. The van der Waals surface area contributed by atoms with E-state index in [1.54, 1.807) is 0 Å². The lowest BCUT2D eigenvalue weighted by Crippen LogP contribution is -2.72. The maximum absolute atomic E-state index is 5.36. The Balaban J connectivity index is 1.07. The normalized spacial score (nSPS) is 16.0. The summed E-state index contributed by atoms with van der Waals surface area (Å²) >= 11 is 0. The Bertz CT molecular complexity index is 3290. The molecule has 1 unspecified atom stereocenters. The first-order chi connectivity index (χ1) is 29.3. The zero-order valence-corrected chi connectivity index (χ0v) is 33.2. The van der Waals surface area contributed by atoms with Gasteiger partial charge in [0, 0.05) is 5.56 Å². The maximum atomic E-state index is 5.36. The summed E-state index contributed by atoms with van der Waals surface area (Å²) in [7, 11) is -2.57. The third-order valence-electron chi connectivity index (χ3n) is 13.5. The van der Waals surface area contributed by atoms with Crippen molar-refractivity contribution < 1.29 is 0 Å². The van der Waals surface area contributed by atoms with Gasteiger partial charge in [0.15, 0.2) is 8.07 Å². The van der Waals surface area contributed by atoms with Gasteiger partial charge in [-0.05, 0) is 101 Å². The second kappa shape index (κ2) is 12.1. The summed E-state index contributed by atoms with van der Waals surface area (Å²) in [6.07, 6.45) is 0. The average Bonchev–Trinajstić information content (AvgIpc) is 3.95. The Labute approximate surface area is 344 Å². The summed E-state index contributed by atoms with van der Waals surface area (Å²) in [5.74, 6) is 0.972. The van der Waals surface area contributed by atoms with E-state index in [9.17, 15) is 0 Å². The average molecular weight is 765 g/mol. The van der Waals surface area contributed by atoms with Crippen LogP contribution in [-0.2, 0) is 5.41 Å². The van der Waals surface area contributed by atoms with E-state index in [0.29, 0.717) is 0 Å². The van der Waals surface area contributed by atoms with Crippen LogP contribution in [0.3, 0.4) is 0 Å². The highest BCUT2D eigenvalue weighted by molar-refractivity contribution is 7.22. The zero-order valence-electron chi connectivity index (χ0n) is 32.2. The van der Waals surface area contributed by atoms with Crippen LogP contribution >= 0.6 is 0 Å². The molecule has 3 aliphatic rings. The molecule has 0 saturated carbocycles. The molecular formula is C56H36N2Si. The van der Waals surface area contributed by atoms with E-state index in [1.165, 1.54) is 87.6 Å². The van der Waals surface area contributed by atoms with Gasteiger partial charge >= 0.3 is 0 Å². The van der Waals surface area contributed by atoms with Crippen LogP contribution in [0.1, 0.15) is 22.3 Å². The molecule has 9 aromatic carbocycles. The van der Waals surface area contributed by atoms with Gasteiger partial charge in [-0.3, -0.25) is 4.57 Å². The van der Waals surface area contributed by atoms with Crippen LogP contribution in [0, 0.1) is 0 Å². The molecule has 13 rings (SSSR count). The van der Waals surface area contributed by atoms with Crippen molar-refractivity contribution in [3.05, 3.63) is 241 Å². The summed E-state index contributed by atoms with van der Waals surface area (Å²) in [6.45, 7) is 0. The monoisotopic (exact) mass is 764 g/mol. The number of rotatable bonds is 4. The highest BCUT2D eigenvalue weighted by Gasteiger charge is 2.52. The number of hydrogen-bond donors (Lipinski definition) is 0. The van der Waals surface area contributed by atoms with Crippen LogP contribution in [0.4, 0.5) is 0 Å². The molecule has 10 aromatic rings. The summed E-state index contributed by atoms with van der Waals surface area (Å²) < 4.78 is 2.42. The van der Waals surface area contributed by atoms with Gasteiger partial charge in [0.1, 0.15) is 5.82 Å². The first-order valence-corrected chi connectivity index (χ1v) is 22.6. The molecule has 1 aromatic heterocycles. The number of imidazole rings is 1. The Kier molecular flexibility index (Phi) is 6.71. The molecule has 2 aliphatic heterocycles. The molecule has 0 fully saturated rings. The summed E-state index contributed by atoms with van der Waals surface area (Å²) in [6, 6.07) is 81.8. The van der Waals surface area contributed by atoms with Crippen molar-refractivity contribution >= 4 is 39.9 Å². The van der Waals surface area contributed by atoms with Crippen molar-refractivity contribution in [2.75, 3.05) is 0 Å². The van der Waals surface area contributed by atoms with Gasteiger partial charge in [-0.1, -0.05) is 194 Å². The van der Waals surface area contributed by atoms with Gasteiger partial charge in [0.2, 0.25) is 0 Å².